The molecule has 0 aromatic heterocycles. The minimum absolute atomic E-state index is 0.160. The lowest BCUT2D eigenvalue weighted by atomic mass is 9.67. The molecule has 0 fully saturated rings. The third-order valence-corrected chi connectivity index (χ3v) is 9.37. The molecule has 8 rings (SSSR count). The van der Waals surface area contributed by atoms with Crippen molar-refractivity contribution in [3.8, 4) is 45.3 Å². The number of fused-ring (bicyclic) bond motifs is 5. The van der Waals surface area contributed by atoms with E-state index < -0.39 is 0 Å². The second-order valence-electron chi connectivity index (χ2n) is 12.6. The van der Waals surface area contributed by atoms with Crippen LogP contribution in [0.3, 0.4) is 0 Å². The Kier molecular flexibility index (Phi) is 5.25. The Labute approximate surface area is 247 Å². The van der Waals surface area contributed by atoms with Crippen molar-refractivity contribution in [2.24, 2.45) is 0 Å². The van der Waals surface area contributed by atoms with E-state index in [0.29, 0.717) is 0 Å². The van der Waals surface area contributed by atoms with Crippen molar-refractivity contribution >= 4 is 10.8 Å². The lowest BCUT2D eigenvalue weighted by Gasteiger charge is -2.36. The van der Waals surface area contributed by atoms with Gasteiger partial charge in [-0.2, -0.15) is 0 Å². The molecule has 0 atom stereocenters. The molecule has 0 saturated heterocycles. The van der Waals surface area contributed by atoms with Crippen LogP contribution in [-0.2, 0) is 10.8 Å². The molecule has 0 amide bonds. The van der Waals surface area contributed by atoms with E-state index in [9.17, 15) is 0 Å². The zero-order valence-electron chi connectivity index (χ0n) is 24.4. The third kappa shape index (κ3) is 3.58. The van der Waals surface area contributed by atoms with Gasteiger partial charge in [-0.25, -0.2) is 0 Å². The summed E-state index contributed by atoms with van der Waals surface area (Å²) in [4.78, 5) is 0. The molecule has 6 aromatic carbocycles. The lowest BCUT2D eigenvalue weighted by molar-refractivity contribution is 0.480. The van der Waals surface area contributed by atoms with Crippen LogP contribution < -0.4 is 9.47 Å². The molecule has 42 heavy (non-hydrogen) atoms. The van der Waals surface area contributed by atoms with Crippen molar-refractivity contribution in [2.75, 3.05) is 0 Å². The summed E-state index contributed by atoms with van der Waals surface area (Å²) in [6.45, 7) is 9.40. The highest BCUT2D eigenvalue weighted by atomic mass is 16.5. The van der Waals surface area contributed by atoms with Gasteiger partial charge in [-0.15, -0.1) is 0 Å². The van der Waals surface area contributed by atoms with Crippen LogP contribution in [0, 0.1) is 0 Å². The molecule has 0 radical (unpaired) electrons. The molecule has 0 spiro atoms. The maximum absolute atomic E-state index is 6.42. The zero-order valence-corrected chi connectivity index (χ0v) is 24.4. The van der Waals surface area contributed by atoms with Crippen molar-refractivity contribution < 1.29 is 9.47 Å². The van der Waals surface area contributed by atoms with Crippen molar-refractivity contribution in [1.29, 1.82) is 0 Å². The van der Waals surface area contributed by atoms with Crippen LogP contribution in [0.2, 0.25) is 0 Å². The Bertz CT molecular complexity index is 2020. The second-order valence-corrected chi connectivity index (χ2v) is 12.6. The number of rotatable bonds is 4. The molecule has 0 heterocycles. The van der Waals surface area contributed by atoms with Crippen molar-refractivity contribution in [1.82, 2.24) is 0 Å². The van der Waals surface area contributed by atoms with E-state index in [2.05, 4.69) is 88.4 Å². The minimum Gasteiger partial charge on any atom is -0.457 e. The Hall–Kier alpha value is -4.82. The van der Waals surface area contributed by atoms with Crippen molar-refractivity contribution in [3.63, 3.8) is 0 Å². The minimum atomic E-state index is -0.175. The fraction of sp³-hybridized carbons (Fsp3) is 0.150. The summed E-state index contributed by atoms with van der Waals surface area (Å²) in [7, 11) is 0. The van der Waals surface area contributed by atoms with Crippen LogP contribution in [-0.4, -0.2) is 0 Å². The summed E-state index contributed by atoms with van der Waals surface area (Å²) < 4.78 is 12.7. The normalized spacial score (nSPS) is 15.0. The van der Waals surface area contributed by atoms with Gasteiger partial charge in [-0.1, -0.05) is 94.4 Å². The molecule has 2 heteroatoms. The topological polar surface area (TPSA) is 18.5 Å². The van der Waals surface area contributed by atoms with E-state index in [1.165, 1.54) is 49.9 Å². The van der Waals surface area contributed by atoms with Crippen LogP contribution in [0.4, 0.5) is 0 Å². The third-order valence-electron chi connectivity index (χ3n) is 9.37. The monoisotopic (exact) mass is 544 g/mol. The van der Waals surface area contributed by atoms with E-state index in [-0.39, 0.29) is 10.8 Å². The lowest BCUT2D eigenvalue weighted by Crippen LogP contribution is -2.24. The van der Waals surface area contributed by atoms with Gasteiger partial charge in [0.1, 0.15) is 23.0 Å². The van der Waals surface area contributed by atoms with E-state index in [1.54, 1.807) is 0 Å². The number of hydrogen-bond acceptors (Lipinski definition) is 2. The van der Waals surface area contributed by atoms with E-state index in [0.717, 1.165) is 28.4 Å². The van der Waals surface area contributed by atoms with Gasteiger partial charge in [0.15, 0.2) is 0 Å². The van der Waals surface area contributed by atoms with Crippen molar-refractivity contribution in [3.05, 3.63) is 144 Å². The molecule has 2 nitrogen and oxygen atoms in total. The largest absolute Gasteiger partial charge is 0.457 e. The molecule has 204 valence electrons. The van der Waals surface area contributed by atoms with Gasteiger partial charge in [0, 0.05) is 16.2 Å². The fourth-order valence-electron chi connectivity index (χ4n) is 7.16. The molecule has 0 saturated carbocycles. The quantitative estimate of drug-likeness (QED) is 0.220. The van der Waals surface area contributed by atoms with Gasteiger partial charge in [0.05, 0.1) is 0 Å². The van der Waals surface area contributed by atoms with Crippen LogP contribution >= 0.6 is 0 Å². The van der Waals surface area contributed by atoms with Crippen molar-refractivity contribution in [2.45, 2.75) is 38.5 Å². The van der Waals surface area contributed by atoms with Gasteiger partial charge >= 0.3 is 0 Å². The smallest absolute Gasteiger partial charge is 0.135 e. The van der Waals surface area contributed by atoms with Gasteiger partial charge in [-0.3, -0.25) is 0 Å². The average molecular weight is 545 g/mol. The maximum atomic E-state index is 6.42. The molecule has 2 aliphatic carbocycles. The predicted octanol–water partition coefficient (Wildman–Crippen LogP) is 11.0. The molecule has 0 N–H and O–H groups in total. The van der Waals surface area contributed by atoms with Gasteiger partial charge in [0.25, 0.3) is 0 Å². The summed E-state index contributed by atoms with van der Waals surface area (Å²) in [6.07, 6.45) is 0. The van der Waals surface area contributed by atoms with Gasteiger partial charge in [0.2, 0.25) is 0 Å². The molecular formula is C40H32O2. The first kappa shape index (κ1) is 24.9. The van der Waals surface area contributed by atoms with Gasteiger partial charge < -0.3 is 9.47 Å². The Morgan fingerprint density at radius 2 is 0.976 bits per heavy atom. The summed E-state index contributed by atoms with van der Waals surface area (Å²) in [5.74, 6) is 3.46. The summed E-state index contributed by atoms with van der Waals surface area (Å²) in [5, 5.41) is 2.44. The molecule has 6 aromatic rings. The first-order chi connectivity index (χ1) is 20.3. The predicted molar refractivity (Wildman–Crippen MR) is 172 cm³/mol. The number of hydrogen-bond donors (Lipinski definition) is 0. The van der Waals surface area contributed by atoms with E-state index >= 15 is 0 Å². The summed E-state index contributed by atoms with van der Waals surface area (Å²) >= 11 is 0. The number of benzene rings is 6. The second kappa shape index (κ2) is 8.84. The Balaban J connectivity index is 1.29. The van der Waals surface area contributed by atoms with Crippen LogP contribution in [0.5, 0.6) is 23.0 Å². The Morgan fingerprint density at radius 3 is 1.67 bits per heavy atom. The first-order valence-corrected chi connectivity index (χ1v) is 14.7. The highest BCUT2D eigenvalue weighted by molar-refractivity contribution is 6.06. The van der Waals surface area contributed by atoms with E-state index in [1.807, 2.05) is 60.7 Å². The number of para-hydroxylation sites is 2. The molecule has 2 aliphatic rings. The highest BCUT2D eigenvalue weighted by Crippen LogP contribution is 2.56. The zero-order chi connectivity index (χ0) is 28.6. The maximum Gasteiger partial charge on any atom is 0.135 e. The van der Waals surface area contributed by atoms with Gasteiger partial charge in [-0.05, 0) is 104 Å². The summed E-state index contributed by atoms with van der Waals surface area (Å²) in [6, 6.07) is 42.6. The molecule has 0 bridgehead atoms. The standard InChI is InChI=1S/C40H32O2/c1-39(2)33-17-11-16-30-37(42-26-14-9-6-10-15-26)21-20-29(38(30)33)32-24-35-31(23-36(32)39)28-19-18-27(22-34(28)40(35,3)4)41-25-12-7-5-8-13-25/h5-24H,1-4H3. The molecule has 0 aliphatic heterocycles. The van der Waals surface area contributed by atoms with Crippen LogP contribution in [0.15, 0.2) is 121 Å². The SMILES string of the molecule is CC1(C)c2cc(Oc3ccccc3)ccc2-c2cc3c(cc21)-c1ccc(Oc2ccccc2)c2cccc(c12)C3(C)C. The molecular weight excluding hydrogens is 512 g/mol. The highest BCUT2D eigenvalue weighted by Gasteiger charge is 2.40. The Morgan fingerprint density at radius 1 is 0.405 bits per heavy atom. The number of ether oxygens (including phenoxy) is 2. The molecule has 0 unspecified atom stereocenters. The first-order valence-electron chi connectivity index (χ1n) is 14.7. The van der Waals surface area contributed by atoms with E-state index in [4.69, 9.17) is 9.47 Å². The summed E-state index contributed by atoms with van der Waals surface area (Å²) in [5.41, 5.74) is 10.3. The van der Waals surface area contributed by atoms with Crippen LogP contribution in [0.1, 0.15) is 49.9 Å². The van der Waals surface area contributed by atoms with Crippen LogP contribution in [0.25, 0.3) is 33.0 Å². The fourth-order valence-corrected chi connectivity index (χ4v) is 7.16. The average Bonchev–Trinajstić information content (AvgIpc) is 3.22.